The molecule has 0 amide bonds. The number of benzene rings is 1. The first-order valence-corrected chi connectivity index (χ1v) is 9.07. The topological polar surface area (TPSA) is 85.3 Å². The van der Waals surface area contributed by atoms with Crippen LogP contribution in [-0.4, -0.2) is 12.6 Å². The Labute approximate surface area is 166 Å². The molecule has 0 saturated heterocycles. The predicted molar refractivity (Wildman–Crippen MR) is 102 cm³/mol. The number of rotatable bonds is 3. The number of allylic oxidation sites excluding steroid dienone is 2. The summed E-state index contributed by atoms with van der Waals surface area (Å²) in [5, 5.41) is 9.48. The highest BCUT2D eigenvalue weighted by Gasteiger charge is 2.36. The lowest BCUT2D eigenvalue weighted by Gasteiger charge is -2.27. The van der Waals surface area contributed by atoms with Crippen molar-refractivity contribution in [2.75, 3.05) is 6.61 Å². The van der Waals surface area contributed by atoms with Gasteiger partial charge in [0.15, 0.2) is 0 Å². The molecule has 0 aromatic heterocycles. The van der Waals surface area contributed by atoms with E-state index in [2.05, 4.69) is 0 Å². The van der Waals surface area contributed by atoms with Crippen LogP contribution < -0.4 is 5.73 Å². The van der Waals surface area contributed by atoms with Gasteiger partial charge in [0.05, 0.1) is 25.2 Å². The lowest BCUT2D eigenvalue weighted by molar-refractivity contribution is -0.139. The fourth-order valence-corrected chi connectivity index (χ4v) is 4.25. The zero-order chi connectivity index (χ0) is 18.0. The summed E-state index contributed by atoms with van der Waals surface area (Å²) in [5.74, 6) is -1.49. The molecule has 5 nitrogen and oxygen atoms in total. The molecule has 126 valence electrons. The zero-order valence-electron chi connectivity index (χ0n) is 12.8. The minimum atomic E-state index is -0.759. The third-order valence-corrected chi connectivity index (χ3v) is 5.01. The van der Waals surface area contributed by atoms with Crippen molar-refractivity contribution in [3.8, 4) is 6.07 Å². The van der Waals surface area contributed by atoms with Crippen molar-refractivity contribution in [3.05, 3.63) is 53.4 Å². The van der Waals surface area contributed by atoms with E-state index in [0.29, 0.717) is 12.7 Å². The normalized spacial score (nSPS) is 17.4. The third-order valence-electron chi connectivity index (χ3n) is 3.44. The number of nitrogens with zero attached hydrogens (tertiary/aromatic N) is 1. The van der Waals surface area contributed by atoms with E-state index < -0.39 is 11.9 Å². The number of ether oxygens (including phenoxy) is 2. The standard InChI is InChI=1S/C16H13FI2N2O3/c1-3-23-16(22)12-7(2)24-15(21)9(6-20)13(12)8-4-10(18)14(17)11(19)5-8/h4-5,13H,3,21H2,1-2H3. The summed E-state index contributed by atoms with van der Waals surface area (Å²) in [7, 11) is 0. The smallest absolute Gasteiger partial charge is 0.338 e. The highest BCUT2D eigenvalue weighted by Crippen LogP contribution is 2.40. The molecule has 1 atom stereocenters. The second-order valence-electron chi connectivity index (χ2n) is 4.91. The highest BCUT2D eigenvalue weighted by atomic mass is 127. The fourth-order valence-electron chi connectivity index (χ4n) is 2.43. The van der Waals surface area contributed by atoms with E-state index in [9.17, 15) is 14.4 Å². The molecule has 1 aliphatic rings. The van der Waals surface area contributed by atoms with Gasteiger partial charge in [0.2, 0.25) is 5.88 Å². The maximum absolute atomic E-state index is 13.9. The molecule has 2 rings (SSSR count). The molecular weight excluding hydrogens is 541 g/mol. The first-order valence-electron chi connectivity index (χ1n) is 6.91. The number of esters is 1. The number of hydrogen-bond acceptors (Lipinski definition) is 5. The summed E-state index contributed by atoms with van der Waals surface area (Å²) in [6, 6.07) is 5.17. The van der Waals surface area contributed by atoms with Gasteiger partial charge in [-0.3, -0.25) is 0 Å². The van der Waals surface area contributed by atoms with Crippen molar-refractivity contribution in [1.82, 2.24) is 0 Å². The maximum atomic E-state index is 13.9. The molecule has 1 aromatic rings. The maximum Gasteiger partial charge on any atom is 0.338 e. The molecule has 0 radical (unpaired) electrons. The number of hydrogen-bond donors (Lipinski definition) is 1. The van der Waals surface area contributed by atoms with Crippen molar-refractivity contribution < 1.29 is 18.7 Å². The Morgan fingerprint density at radius 1 is 1.46 bits per heavy atom. The van der Waals surface area contributed by atoms with Crippen molar-refractivity contribution in [2.24, 2.45) is 5.73 Å². The van der Waals surface area contributed by atoms with Gasteiger partial charge in [0, 0.05) is 0 Å². The Balaban J connectivity index is 2.69. The van der Waals surface area contributed by atoms with Gasteiger partial charge in [-0.1, -0.05) is 0 Å². The second kappa shape index (κ2) is 7.69. The van der Waals surface area contributed by atoms with E-state index in [0.717, 1.165) is 0 Å². The van der Waals surface area contributed by atoms with E-state index >= 15 is 0 Å². The van der Waals surface area contributed by atoms with Gasteiger partial charge in [-0.2, -0.15) is 5.26 Å². The van der Waals surface area contributed by atoms with Gasteiger partial charge in [-0.15, -0.1) is 0 Å². The fraction of sp³-hybridized carbons (Fsp3) is 0.250. The first kappa shape index (κ1) is 19.0. The van der Waals surface area contributed by atoms with Gasteiger partial charge in [0.1, 0.15) is 23.2 Å². The van der Waals surface area contributed by atoms with Crippen LogP contribution in [0.15, 0.2) is 34.9 Å². The minimum absolute atomic E-state index is 0.0672. The summed E-state index contributed by atoms with van der Waals surface area (Å²) in [5.41, 5.74) is 6.69. The number of carbonyl (C=O) groups is 1. The molecule has 1 heterocycles. The van der Waals surface area contributed by atoms with Crippen LogP contribution in [0, 0.1) is 24.3 Å². The van der Waals surface area contributed by atoms with Crippen LogP contribution in [0.2, 0.25) is 0 Å². The van der Waals surface area contributed by atoms with Crippen molar-refractivity contribution in [1.29, 1.82) is 5.26 Å². The van der Waals surface area contributed by atoms with Crippen LogP contribution in [0.4, 0.5) is 4.39 Å². The van der Waals surface area contributed by atoms with Crippen molar-refractivity contribution in [3.63, 3.8) is 0 Å². The lowest BCUT2D eigenvalue weighted by atomic mass is 9.83. The zero-order valence-corrected chi connectivity index (χ0v) is 17.1. The average Bonchev–Trinajstić information content (AvgIpc) is 2.51. The summed E-state index contributed by atoms with van der Waals surface area (Å²) in [4.78, 5) is 12.4. The van der Waals surface area contributed by atoms with Crippen LogP contribution in [-0.2, 0) is 14.3 Å². The molecular formula is C16H13FI2N2O3. The van der Waals surface area contributed by atoms with Crippen molar-refractivity contribution in [2.45, 2.75) is 19.8 Å². The Hall–Kier alpha value is -1.35. The molecule has 24 heavy (non-hydrogen) atoms. The first-order chi connectivity index (χ1) is 11.3. The van der Waals surface area contributed by atoms with Gasteiger partial charge in [-0.05, 0) is 76.7 Å². The Bertz CT molecular complexity index is 789. The highest BCUT2D eigenvalue weighted by molar-refractivity contribution is 14.1. The monoisotopic (exact) mass is 554 g/mol. The van der Waals surface area contributed by atoms with E-state index in [1.165, 1.54) is 0 Å². The molecule has 0 spiro atoms. The quantitative estimate of drug-likeness (QED) is 0.351. The SMILES string of the molecule is CCOC(=O)C1=C(C)OC(N)=C(C#N)C1c1cc(I)c(F)c(I)c1. The molecule has 1 aromatic carbocycles. The predicted octanol–water partition coefficient (Wildman–Crippen LogP) is 3.68. The van der Waals surface area contributed by atoms with E-state index in [-0.39, 0.29) is 35.2 Å². The van der Waals surface area contributed by atoms with Crippen molar-refractivity contribution >= 4 is 51.2 Å². The lowest BCUT2D eigenvalue weighted by Crippen LogP contribution is -2.25. The minimum Gasteiger partial charge on any atom is -0.463 e. The molecule has 8 heteroatoms. The van der Waals surface area contributed by atoms with Gasteiger partial charge in [0.25, 0.3) is 0 Å². The Morgan fingerprint density at radius 2 is 2.04 bits per heavy atom. The van der Waals surface area contributed by atoms with Crippen LogP contribution in [0.3, 0.4) is 0 Å². The molecule has 0 saturated carbocycles. The number of carbonyl (C=O) groups excluding carboxylic acids is 1. The summed E-state index contributed by atoms with van der Waals surface area (Å²) >= 11 is 3.74. The molecule has 1 aliphatic heterocycles. The third kappa shape index (κ3) is 3.51. The Kier molecular flexibility index (Phi) is 6.08. The van der Waals surface area contributed by atoms with Gasteiger partial charge >= 0.3 is 5.97 Å². The molecule has 0 bridgehead atoms. The van der Waals surface area contributed by atoms with Crippen LogP contribution in [0.5, 0.6) is 0 Å². The van der Waals surface area contributed by atoms with Crippen LogP contribution in [0.25, 0.3) is 0 Å². The Morgan fingerprint density at radius 3 is 2.54 bits per heavy atom. The van der Waals surface area contributed by atoms with Gasteiger partial charge in [-0.25, -0.2) is 9.18 Å². The molecule has 0 fully saturated rings. The van der Waals surface area contributed by atoms with E-state index in [1.54, 1.807) is 26.0 Å². The summed E-state index contributed by atoms with van der Waals surface area (Å²) < 4.78 is 25.1. The summed E-state index contributed by atoms with van der Waals surface area (Å²) in [6.07, 6.45) is 0. The summed E-state index contributed by atoms with van der Waals surface area (Å²) in [6.45, 7) is 3.45. The second-order valence-corrected chi connectivity index (χ2v) is 7.24. The number of halogens is 3. The number of nitriles is 1. The van der Waals surface area contributed by atoms with Gasteiger partial charge < -0.3 is 15.2 Å². The molecule has 2 N–H and O–H groups in total. The van der Waals surface area contributed by atoms with Crippen LogP contribution >= 0.6 is 45.2 Å². The molecule has 0 aliphatic carbocycles. The van der Waals surface area contributed by atoms with E-state index in [1.807, 2.05) is 51.3 Å². The largest absolute Gasteiger partial charge is 0.463 e. The van der Waals surface area contributed by atoms with Crippen LogP contribution in [0.1, 0.15) is 25.3 Å². The van der Waals surface area contributed by atoms with E-state index in [4.69, 9.17) is 15.2 Å². The number of nitrogens with two attached hydrogens (primary N) is 1. The molecule has 1 unspecified atom stereocenters. The average molecular weight is 554 g/mol.